The van der Waals surface area contributed by atoms with Gasteiger partial charge in [0.05, 0.1) is 17.7 Å². The molecule has 1 heterocycles. The summed E-state index contributed by atoms with van der Waals surface area (Å²) in [5, 5.41) is 22.3. The predicted molar refractivity (Wildman–Crippen MR) is 119 cm³/mol. The minimum atomic E-state index is -0.185. The quantitative estimate of drug-likeness (QED) is 0.796. The Bertz CT molecular complexity index is 1090. The number of nitriles is 1. The second kappa shape index (κ2) is 6.73. The number of amides is 2. The first-order chi connectivity index (χ1) is 14.9. The van der Waals surface area contributed by atoms with Crippen LogP contribution in [0.25, 0.3) is 0 Å². The number of carbonyl (C=O) groups is 1. The molecule has 160 valence electrons. The van der Waals surface area contributed by atoms with Gasteiger partial charge in [0.15, 0.2) is 0 Å². The molecule has 4 unspecified atom stereocenters. The van der Waals surface area contributed by atoms with Gasteiger partial charge < -0.3 is 20.2 Å². The zero-order valence-corrected chi connectivity index (χ0v) is 18.2. The molecule has 6 nitrogen and oxygen atoms in total. The number of benzene rings is 2. The number of nitrogens with one attached hydrogen (secondary N) is 1. The average Bonchev–Trinajstić information content (AvgIpc) is 2.98. The molecule has 1 saturated heterocycles. The zero-order valence-electron chi connectivity index (χ0n) is 18.2. The number of likely N-dealkylation sites (tertiary alicyclic amines) is 1. The van der Waals surface area contributed by atoms with Crippen molar-refractivity contribution in [1.82, 2.24) is 9.80 Å². The van der Waals surface area contributed by atoms with E-state index in [9.17, 15) is 9.90 Å². The zero-order chi connectivity index (χ0) is 22.0. The SMILES string of the molecule is CCCN(C(=O)Nc1ccc(C#N)cc1)C1C2N(C)CC23Cc2ccc(O)cc2C13C. The van der Waals surface area contributed by atoms with Gasteiger partial charge in [0, 0.05) is 35.6 Å². The minimum Gasteiger partial charge on any atom is -0.508 e. The molecule has 1 spiro atoms. The molecule has 4 atom stereocenters. The summed E-state index contributed by atoms with van der Waals surface area (Å²) in [5.74, 6) is 0.288. The molecule has 0 bridgehead atoms. The minimum absolute atomic E-state index is 0.0348. The first-order valence-corrected chi connectivity index (χ1v) is 11.0. The number of anilines is 1. The molecule has 0 aromatic heterocycles. The predicted octanol–water partition coefficient (Wildman–Crippen LogP) is 3.70. The van der Waals surface area contributed by atoms with E-state index >= 15 is 0 Å². The second-order valence-corrected chi connectivity index (χ2v) is 9.49. The van der Waals surface area contributed by atoms with Crippen LogP contribution in [0.5, 0.6) is 5.75 Å². The average molecular weight is 417 g/mol. The highest BCUT2D eigenvalue weighted by Crippen LogP contribution is 2.71. The van der Waals surface area contributed by atoms with Crippen molar-refractivity contribution in [3.63, 3.8) is 0 Å². The van der Waals surface area contributed by atoms with Crippen molar-refractivity contribution >= 4 is 11.7 Å². The van der Waals surface area contributed by atoms with Crippen LogP contribution in [0.4, 0.5) is 10.5 Å². The summed E-state index contributed by atoms with van der Waals surface area (Å²) in [4.78, 5) is 17.8. The van der Waals surface area contributed by atoms with Crippen molar-refractivity contribution in [3.8, 4) is 11.8 Å². The number of likely N-dealkylation sites (N-methyl/N-ethyl adjacent to an activating group) is 1. The highest BCUT2D eigenvalue weighted by molar-refractivity contribution is 5.90. The molecule has 2 amide bonds. The van der Waals surface area contributed by atoms with E-state index in [0.717, 1.165) is 19.4 Å². The van der Waals surface area contributed by atoms with Gasteiger partial charge in [-0.1, -0.05) is 19.9 Å². The lowest BCUT2D eigenvalue weighted by Gasteiger charge is -2.77. The summed E-state index contributed by atoms with van der Waals surface area (Å²) in [6, 6.07) is 15.0. The Balaban J connectivity index is 1.49. The van der Waals surface area contributed by atoms with Crippen molar-refractivity contribution in [2.75, 3.05) is 25.5 Å². The molecule has 2 fully saturated rings. The van der Waals surface area contributed by atoms with Crippen LogP contribution in [0.2, 0.25) is 0 Å². The number of nitrogens with zero attached hydrogens (tertiary/aromatic N) is 3. The molecule has 1 aliphatic heterocycles. The molecule has 31 heavy (non-hydrogen) atoms. The monoisotopic (exact) mass is 416 g/mol. The van der Waals surface area contributed by atoms with E-state index in [-0.39, 0.29) is 28.7 Å². The number of fused-ring (bicyclic) bond motifs is 2. The van der Waals surface area contributed by atoms with E-state index in [1.807, 2.05) is 11.0 Å². The van der Waals surface area contributed by atoms with Gasteiger partial charge in [-0.15, -0.1) is 0 Å². The Morgan fingerprint density at radius 3 is 2.71 bits per heavy atom. The van der Waals surface area contributed by atoms with Crippen molar-refractivity contribution < 1.29 is 9.90 Å². The van der Waals surface area contributed by atoms with Crippen LogP contribution in [-0.4, -0.2) is 53.2 Å². The van der Waals surface area contributed by atoms with Crippen LogP contribution in [0, 0.1) is 16.7 Å². The topological polar surface area (TPSA) is 79.6 Å². The largest absolute Gasteiger partial charge is 0.508 e. The van der Waals surface area contributed by atoms with Gasteiger partial charge in [-0.3, -0.25) is 0 Å². The van der Waals surface area contributed by atoms with E-state index in [1.165, 1.54) is 11.1 Å². The first-order valence-electron chi connectivity index (χ1n) is 11.0. The lowest BCUT2D eigenvalue weighted by atomic mass is 9.39. The Morgan fingerprint density at radius 1 is 1.32 bits per heavy atom. The Labute approximate surface area is 183 Å². The van der Waals surface area contributed by atoms with Gasteiger partial charge >= 0.3 is 6.03 Å². The molecule has 1 saturated carbocycles. The molecular formula is C25H28N4O2. The third kappa shape index (κ3) is 2.50. The van der Waals surface area contributed by atoms with Gasteiger partial charge in [-0.2, -0.15) is 5.26 Å². The summed E-state index contributed by atoms with van der Waals surface area (Å²) in [6.45, 7) is 6.05. The van der Waals surface area contributed by atoms with Gasteiger partial charge in [0.2, 0.25) is 0 Å². The molecule has 2 aromatic rings. The van der Waals surface area contributed by atoms with Crippen molar-refractivity contribution in [3.05, 3.63) is 59.2 Å². The van der Waals surface area contributed by atoms with Crippen LogP contribution in [-0.2, 0) is 11.8 Å². The third-order valence-corrected chi connectivity index (χ3v) is 7.98. The lowest BCUT2D eigenvalue weighted by molar-refractivity contribution is -0.237. The fraction of sp³-hybridized carbons (Fsp3) is 0.440. The molecule has 3 aliphatic rings. The fourth-order valence-electron chi connectivity index (χ4n) is 6.70. The summed E-state index contributed by atoms with van der Waals surface area (Å²) in [7, 11) is 2.14. The molecular weight excluding hydrogens is 388 g/mol. The van der Waals surface area contributed by atoms with Crippen molar-refractivity contribution in [1.29, 1.82) is 5.26 Å². The standard InChI is InChI=1S/C25H28N4O2/c1-4-11-29(23(31)27-18-8-5-16(14-26)6-9-18)21-22-25(15-28(22)3)13-17-7-10-19(30)12-20(17)24(21,25)2/h5-10,12,21-22,30H,4,11,13,15H2,1-3H3,(H,27,31). The molecule has 5 rings (SSSR count). The molecule has 6 heteroatoms. The van der Waals surface area contributed by atoms with Crippen LogP contribution >= 0.6 is 0 Å². The third-order valence-electron chi connectivity index (χ3n) is 7.98. The van der Waals surface area contributed by atoms with Crippen molar-refractivity contribution in [2.24, 2.45) is 5.41 Å². The van der Waals surface area contributed by atoms with Gasteiger partial charge in [0.1, 0.15) is 5.75 Å². The molecule has 2 aliphatic carbocycles. The number of hydrogen-bond donors (Lipinski definition) is 2. The number of rotatable bonds is 4. The summed E-state index contributed by atoms with van der Waals surface area (Å²) in [6.07, 6.45) is 1.87. The van der Waals surface area contributed by atoms with Crippen LogP contribution in [0.1, 0.15) is 37.0 Å². The van der Waals surface area contributed by atoms with E-state index in [2.05, 4.69) is 43.2 Å². The Kier molecular flexibility index (Phi) is 4.32. The molecule has 2 N–H and O–H groups in total. The highest BCUT2D eigenvalue weighted by atomic mass is 16.3. The highest BCUT2D eigenvalue weighted by Gasteiger charge is 2.80. The number of phenolic OH excluding ortho intramolecular Hbond substituents is 1. The maximum absolute atomic E-state index is 13.5. The number of aromatic hydroxyl groups is 1. The number of piperidine rings is 1. The lowest BCUT2D eigenvalue weighted by Crippen LogP contribution is -2.89. The van der Waals surface area contributed by atoms with Crippen LogP contribution < -0.4 is 5.32 Å². The molecule has 0 radical (unpaired) electrons. The Morgan fingerprint density at radius 2 is 2.06 bits per heavy atom. The van der Waals surface area contributed by atoms with Crippen LogP contribution in [0.3, 0.4) is 0 Å². The van der Waals surface area contributed by atoms with E-state index in [1.54, 1.807) is 30.3 Å². The smallest absolute Gasteiger partial charge is 0.322 e. The first kappa shape index (κ1) is 19.9. The van der Waals surface area contributed by atoms with Gasteiger partial charge in [0.25, 0.3) is 0 Å². The maximum atomic E-state index is 13.5. The summed E-state index contributed by atoms with van der Waals surface area (Å²) in [5.41, 5.74) is 3.68. The summed E-state index contributed by atoms with van der Waals surface area (Å²) >= 11 is 0. The van der Waals surface area contributed by atoms with Crippen LogP contribution in [0.15, 0.2) is 42.5 Å². The number of urea groups is 1. The summed E-state index contributed by atoms with van der Waals surface area (Å²) < 4.78 is 0. The number of phenols is 1. The van der Waals surface area contributed by atoms with Gasteiger partial charge in [-0.05, 0) is 67.4 Å². The Hall–Kier alpha value is -3.04. The molecule has 2 aromatic carbocycles. The van der Waals surface area contributed by atoms with Crippen molar-refractivity contribution in [2.45, 2.75) is 44.2 Å². The van der Waals surface area contributed by atoms with Gasteiger partial charge in [-0.25, -0.2) is 4.79 Å². The normalized spacial score (nSPS) is 30.1. The van der Waals surface area contributed by atoms with E-state index < -0.39 is 0 Å². The maximum Gasteiger partial charge on any atom is 0.322 e. The second-order valence-electron chi connectivity index (χ2n) is 9.49. The fourth-order valence-corrected chi connectivity index (χ4v) is 6.70. The number of hydrogen-bond acceptors (Lipinski definition) is 4. The number of carbonyl (C=O) groups excluding carboxylic acids is 1. The van der Waals surface area contributed by atoms with E-state index in [0.29, 0.717) is 23.8 Å². The van der Waals surface area contributed by atoms with E-state index in [4.69, 9.17) is 5.26 Å².